The second-order valence-electron chi connectivity index (χ2n) is 3.69. The van der Waals surface area contributed by atoms with Crippen molar-refractivity contribution in [3.63, 3.8) is 0 Å². The van der Waals surface area contributed by atoms with Gasteiger partial charge in [-0.05, 0) is 44.8 Å². The van der Waals surface area contributed by atoms with Gasteiger partial charge in [0.2, 0.25) is 0 Å². The zero-order valence-electron chi connectivity index (χ0n) is 8.97. The van der Waals surface area contributed by atoms with Crippen LogP contribution in [0.15, 0.2) is 18.2 Å². The van der Waals surface area contributed by atoms with E-state index in [2.05, 4.69) is 10.2 Å². The van der Waals surface area contributed by atoms with Gasteiger partial charge in [0.15, 0.2) is 0 Å². The maximum absolute atomic E-state index is 12.8. The molecule has 3 heteroatoms. The maximum atomic E-state index is 12.8. The number of hydrogen-bond donors (Lipinski definition) is 1. The molecule has 0 radical (unpaired) electrons. The highest BCUT2D eigenvalue weighted by Crippen LogP contribution is 2.14. The minimum atomic E-state index is -0.180. The molecule has 1 aromatic carbocycles. The molecule has 1 aromatic rings. The van der Waals surface area contributed by atoms with Crippen molar-refractivity contribution in [2.75, 3.05) is 32.5 Å². The third kappa shape index (κ3) is 3.34. The summed E-state index contributed by atoms with van der Waals surface area (Å²) in [7, 11) is 4.05. The molecule has 1 rings (SSSR count). The Hall–Kier alpha value is -1.09. The van der Waals surface area contributed by atoms with E-state index in [0.717, 1.165) is 24.3 Å². The lowest BCUT2D eigenvalue weighted by atomic mass is 10.2. The van der Waals surface area contributed by atoms with Crippen LogP contribution in [-0.2, 0) is 0 Å². The molecule has 0 aliphatic carbocycles. The van der Waals surface area contributed by atoms with Crippen LogP contribution in [0.5, 0.6) is 0 Å². The van der Waals surface area contributed by atoms with E-state index in [1.54, 1.807) is 6.07 Å². The van der Waals surface area contributed by atoms with Crippen molar-refractivity contribution >= 4 is 5.69 Å². The van der Waals surface area contributed by atoms with Crippen LogP contribution < -0.4 is 5.32 Å². The molecule has 14 heavy (non-hydrogen) atoms. The number of halogens is 1. The first-order valence-corrected chi connectivity index (χ1v) is 4.74. The number of aryl methyl sites for hydroxylation is 1. The Labute approximate surface area is 84.7 Å². The van der Waals surface area contributed by atoms with E-state index in [1.807, 2.05) is 21.0 Å². The topological polar surface area (TPSA) is 15.3 Å². The van der Waals surface area contributed by atoms with Crippen LogP contribution in [0.25, 0.3) is 0 Å². The molecule has 0 unspecified atom stereocenters. The number of nitrogens with one attached hydrogen (secondary N) is 1. The van der Waals surface area contributed by atoms with Crippen LogP contribution >= 0.6 is 0 Å². The minimum absolute atomic E-state index is 0.180. The fourth-order valence-electron chi connectivity index (χ4n) is 1.24. The number of nitrogens with zero attached hydrogens (tertiary/aromatic N) is 1. The molecule has 0 bridgehead atoms. The molecule has 0 saturated heterocycles. The molecule has 0 saturated carbocycles. The molecule has 0 aromatic heterocycles. The lowest BCUT2D eigenvalue weighted by Gasteiger charge is -2.12. The largest absolute Gasteiger partial charge is 0.384 e. The molecule has 0 atom stereocenters. The van der Waals surface area contributed by atoms with Crippen LogP contribution in [0.1, 0.15) is 5.56 Å². The second-order valence-corrected chi connectivity index (χ2v) is 3.69. The first kappa shape index (κ1) is 11.0. The molecule has 2 nitrogen and oxygen atoms in total. The molecule has 0 fully saturated rings. The lowest BCUT2D eigenvalue weighted by molar-refractivity contribution is 0.425. The Kier molecular flexibility index (Phi) is 3.89. The summed E-state index contributed by atoms with van der Waals surface area (Å²) < 4.78 is 12.8. The fourth-order valence-corrected chi connectivity index (χ4v) is 1.24. The van der Waals surface area contributed by atoms with Gasteiger partial charge in [0.05, 0.1) is 0 Å². The molecule has 78 valence electrons. The number of benzene rings is 1. The lowest BCUT2D eigenvalue weighted by Crippen LogP contribution is -2.21. The van der Waals surface area contributed by atoms with Gasteiger partial charge in [-0.25, -0.2) is 4.39 Å². The van der Waals surface area contributed by atoms with Gasteiger partial charge in [0.1, 0.15) is 5.82 Å². The summed E-state index contributed by atoms with van der Waals surface area (Å²) >= 11 is 0. The van der Waals surface area contributed by atoms with Gasteiger partial charge >= 0.3 is 0 Å². The van der Waals surface area contributed by atoms with Crippen molar-refractivity contribution in [1.29, 1.82) is 0 Å². The van der Waals surface area contributed by atoms with Crippen LogP contribution in [0.4, 0.5) is 10.1 Å². The average Bonchev–Trinajstić information content (AvgIpc) is 2.08. The smallest absolute Gasteiger partial charge is 0.123 e. The van der Waals surface area contributed by atoms with Crippen molar-refractivity contribution in [2.24, 2.45) is 0 Å². The molecular formula is C11H17FN2. The van der Waals surface area contributed by atoms with E-state index in [4.69, 9.17) is 0 Å². The van der Waals surface area contributed by atoms with Gasteiger partial charge in [-0.1, -0.05) is 0 Å². The Morgan fingerprint density at radius 1 is 1.36 bits per heavy atom. The fraction of sp³-hybridized carbons (Fsp3) is 0.455. The van der Waals surface area contributed by atoms with Gasteiger partial charge in [-0.2, -0.15) is 0 Å². The SMILES string of the molecule is Cc1cc(F)ccc1NCCN(C)C. The van der Waals surface area contributed by atoms with E-state index < -0.39 is 0 Å². The van der Waals surface area contributed by atoms with Gasteiger partial charge < -0.3 is 10.2 Å². The van der Waals surface area contributed by atoms with Crippen LogP contribution in [0, 0.1) is 12.7 Å². The molecule has 0 amide bonds. The van der Waals surface area contributed by atoms with Crippen LogP contribution in [0.2, 0.25) is 0 Å². The molecule has 0 heterocycles. The average molecular weight is 196 g/mol. The van der Waals surface area contributed by atoms with Crippen molar-refractivity contribution < 1.29 is 4.39 Å². The summed E-state index contributed by atoms with van der Waals surface area (Å²) in [4.78, 5) is 2.10. The zero-order valence-corrected chi connectivity index (χ0v) is 8.97. The molecule has 0 aliphatic rings. The van der Waals surface area contributed by atoms with Gasteiger partial charge in [0, 0.05) is 18.8 Å². The van der Waals surface area contributed by atoms with E-state index in [0.29, 0.717) is 0 Å². The minimum Gasteiger partial charge on any atom is -0.384 e. The summed E-state index contributed by atoms with van der Waals surface area (Å²) in [6, 6.07) is 4.79. The highest BCUT2D eigenvalue weighted by molar-refractivity contribution is 5.50. The summed E-state index contributed by atoms with van der Waals surface area (Å²) in [5, 5.41) is 3.26. The maximum Gasteiger partial charge on any atom is 0.123 e. The van der Waals surface area contributed by atoms with Gasteiger partial charge in [0.25, 0.3) is 0 Å². The summed E-state index contributed by atoms with van der Waals surface area (Å²) in [5.74, 6) is -0.180. The Morgan fingerprint density at radius 3 is 2.64 bits per heavy atom. The first-order valence-electron chi connectivity index (χ1n) is 4.74. The standard InChI is InChI=1S/C11H17FN2/c1-9-8-10(12)4-5-11(9)13-6-7-14(2)3/h4-5,8,13H,6-7H2,1-3H3. The number of hydrogen-bond acceptors (Lipinski definition) is 2. The Morgan fingerprint density at radius 2 is 2.07 bits per heavy atom. The zero-order chi connectivity index (χ0) is 10.6. The summed E-state index contributed by atoms with van der Waals surface area (Å²) in [5.41, 5.74) is 1.96. The first-order chi connectivity index (χ1) is 6.59. The van der Waals surface area contributed by atoms with E-state index in [-0.39, 0.29) is 5.82 Å². The predicted molar refractivity (Wildman–Crippen MR) is 58.2 cm³/mol. The highest BCUT2D eigenvalue weighted by Gasteiger charge is 1.98. The van der Waals surface area contributed by atoms with E-state index in [1.165, 1.54) is 12.1 Å². The van der Waals surface area contributed by atoms with Crippen molar-refractivity contribution in [1.82, 2.24) is 4.90 Å². The Bertz CT molecular complexity index is 297. The molecule has 0 spiro atoms. The number of likely N-dealkylation sites (N-methyl/N-ethyl adjacent to an activating group) is 1. The normalized spacial score (nSPS) is 10.6. The molecule has 0 aliphatic heterocycles. The number of rotatable bonds is 4. The van der Waals surface area contributed by atoms with Crippen molar-refractivity contribution in [3.8, 4) is 0 Å². The van der Waals surface area contributed by atoms with Crippen LogP contribution in [0.3, 0.4) is 0 Å². The quantitative estimate of drug-likeness (QED) is 0.793. The highest BCUT2D eigenvalue weighted by atomic mass is 19.1. The van der Waals surface area contributed by atoms with Gasteiger partial charge in [-0.15, -0.1) is 0 Å². The third-order valence-electron chi connectivity index (χ3n) is 2.06. The van der Waals surface area contributed by atoms with Crippen molar-refractivity contribution in [3.05, 3.63) is 29.6 Å². The predicted octanol–water partition coefficient (Wildman–Crippen LogP) is 2.11. The van der Waals surface area contributed by atoms with Crippen LogP contribution in [-0.4, -0.2) is 32.1 Å². The summed E-state index contributed by atoms with van der Waals surface area (Å²) in [6.07, 6.45) is 0. The molecular weight excluding hydrogens is 179 g/mol. The van der Waals surface area contributed by atoms with E-state index >= 15 is 0 Å². The third-order valence-corrected chi connectivity index (χ3v) is 2.06. The Balaban J connectivity index is 2.51. The van der Waals surface area contributed by atoms with Gasteiger partial charge in [-0.3, -0.25) is 0 Å². The van der Waals surface area contributed by atoms with E-state index in [9.17, 15) is 4.39 Å². The number of anilines is 1. The second kappa shape index (κ2) is 4.96. The summed E-state index contributed by atoms with van der Waals surface area (Å²) in [6.45, 7) is 3.75. The molecule has 1 N–H and O–H groups in total. The monoisotopic (exact) mass is 196 g/mol. The van der Waals surface area contributed by atoms with Crippen molar-refractivity contribution in [2.45, 2.75) is 6.92 Å².